The van der Waals surface area contributed by atoms with Gasteiger partial charge in [-0.3, -0.25) is 9.89 Å². The first kappa shape index (κ1) is 13.5. The van der Waals surface area contributed by atoms with Crippen molar-refractivity contribution >= 4 is 22.5 Å². The maximum absolute atomic E-state index is 12.3. The van der Waals surface area contributed by atoms with E-state index in [1.807, 2.05) is 24.3 Å². The number of fused-ring (bicyclic) bond motifs is 1. The zero-order valence-corrected chi connectivity index (χ0v) is 12.3. The lowest BCUT2D eigenvalue weighted by Crippen LogP contribution is -2.11. The molecule has 0 radical (unpaired) electrons. The van der Waals surface area contributed by atoms with Crippen molar-refractivity contribution in [3.63, 3.8) is 0 Å². The smallest absolute Gasteiger partial charge is 0.255 e. The highest BCUT2D eigenvalue weighted by atomic mass is 16.1. The average Bonchev–Trinajstić information content (AvgIpc) is 3.34. The summed E-state index contributed by atoms with van der Waals surface area (Å²) in [4.78, 5) is 12.3. The molecule has 0 atom stereocenters. The van der Waals surface area contributed by atoms with Gasteiger partial charge in [0.1, 0.15) is 0 Å². The Morgan fingerprint density at radius 2 is 2.00 bits per heavy atom. The van der Waals surface area contributed by atoms with Gasteiger partial charge in [-0.1, -0.05) is 0 Å². The summed E-state index contributed by atoms with van der Waals surface area (Å²) >= 11 is 0. The average molecular weight is 302 g/mol. The van der Waals surface area contributed by atoms with Crippen molar-refractivity contribution in [1.82, 2.24) is 10.2 Å². The molecule has 0 unspecified atom stereocenters. The molecule has 0 spiro atoms. The van der Waals surface area contributed by atoms with E-state index in [-0.39, 0.29) is 5.91 Å². The number of carbonyl (C=O) groups is 1. The number of amides is 1. The molecular weight excluding hydrogens is 288 g/mol. The van der Waals surface area contributed by atoms with Gasteiger partial charge in [-0.15, -0.1) is 0 Å². The third-order valence-electron chi connectivity index (χ3n) is 4.10. The fraction of sp³-hybridized carbons (Fsp3) is 0.167. The molecule has 23 heavy (non-hydrogen) atoms. The van der Waals surface area contributed by atoms with Crippen LogP contribution in [0, 0.1) is 11.3 Å². The number of carbonyl (C=O) groups excluding carboxylic acids is 1. The van der Waals surface area contributed by atoms with Gasteiger partial charge in [-0.25, -0.2) is 0 Å². The van der Waals surface area contributed by atoms with Crippen LogP contribution in [-0.4, -0.2) is 16.1 Å². The summed E-state index contributed by atoms with van der Waals surface area (Å²) in [6.45, 7) is 0. The molecule has 2 aromatic carbocycles. The van der Waals surface area contributed by atoms with E-state index in [2.05, 4.69) is 15.5 Å². The van der Waals surface area contributed by atoms with E-state index >= 15 is 0 Å². The quantitative estimate of drug-likeness (QED) is 0.776. The standard InChI is InChI=1S/C18H14N4O/c19-10-11-1-3-13(4-2-11)18(23)20-14-7-8-16-15(9-14)17(22-21-16)12-5-6-12/h1-4,7-9,12H,5-6H2,(H,20,23)(H,21,22). The molecule has 1 fully saturated rings. The van der Waals surface area contributed by atoms with Crippen LogP contribution < -0.4 is 5.32 Å². The van der Waals surface area contributed by atoms with Gasteiger partial charge < -0.3 is 5.32 Å². The number of rotatable bonds is 3. The lowest BCUT2D eigenvalue weighted by molar-refractivity contribution is 0.102. The van der Waals surface area contributed by atoms with E-state index in [0.717, 1.165) is 22.3 Å². The molecule has 0 aliphatic heterocycles. The van der Waals surface area contributed by atoms with Gasteiger partial charge >= 0.3 is 0 Å². The number of nitrogens with one attached hydrogen (secondary N) is 2. The topological polar surface area (TPSA) is 81.6 Å². The Hall–Kier alpha value is -3.13. The molecule has 0 saturated heterocycles. The van der Waals surface area contributed by atoms with E-state index in [1.165, 1.54) is 12.8 Å². The second-order valence-electron chi connectivity index (χ2n) is 5.79. The molecule has 5 heteroatoms. The number of anilines is 1. The van der Waals surface area contributed by atoms with Gasteiger partial charge in [0.05, 0.1) is 17.1 Å². The lowest BCUT2D eigenvalue weighted by Gasteiger charge is -2.06. The van der Waals surface area contributed by atoms with Crippen molar-refractivity contribution in [2.45, 2.75) is 18.8 Å². The highest BCUT2D eigenvalue weighted by Crippen LogP contribution is 2.42. The molecule has 112 valence electrons. The van der Waals surface area contributed by atoms with Crippen LogP contribution in [0.2, 0.25) is 0 Å². The van der Waals surface area contributed by atoms with Crippen molar-refractivity contribution in [2.24, 2.45) is 0 Å². The van der Waals surface area contributed by atoms with E-state index in [0.29, 0.717) is 17.0 Å². The third kappa shape index (κ3) is 2.55. The molecular formula is C18H14N4O. The second-order valence-corrected chi connectivity index (χ2v) is 5.79. The van der Waals surface area contributed by atoms with Crippen molar-refractivity contribution in [3.8, 4) is 6.07 Å². The minimum atomic E-state index is -0.190. The van der Waals surface area contributed by atoms with Crippen molar-refractivity contribution < 1.29 is 4.79 Å². The zero-order valence-electron chi connectivity index (χ0n) is 12.3. The Morgan fingerprint density at radius 3 is 2.70 bits per heavy atom. The van der Waals surface area contributed by atoms with Crippen molar-refractivity contribution in [3.05, 3.63) is 59.3 Å². The van der Waals surface area contributed by atoms with Gasteiger partial charge in [0.2, 0.25) is 0 Å². The number of nitrogens with zero attached hydrogens (tertiary/aromatic N) is 2. The molecule has 1 heterocycles. The van der Waals surface area contributed by atoms with Crippen LogP contribution in [0.5, 0.6) is 0 Å². The van der Waals surface area contributed by atoms with E-state index in [1.54, 1.807) is 24.3 Å². The Kier molecular flexibility index (Phi) is 3.09. The summed E-state index contributed by atoms with van der Waals surface area (Å²) < 4.78 is 0. The second kappa shape index (κ2) is 5.25. The third-order valence-corrected chi connectivity index (χ3v) is 4.10. The van der Waals surface area contributed by atoms with Gasteiger partial charge in [-0.2, -0.15) is 10.4 Å². The van der Waals surface area contributed by atoms with Crippen LogP contribution in [-0.2, 0) is 0 Å². The summed E-state index contributed by atoms with van der Waals surface area (Å²) in [6, 6.07) is 14.3. The van der Waals surface area contributed by atoms with Gasteiger partial charge in [0, 0.05) is 28.2 Å². The Labute approximate surface area is 132 Å². The number of aromatic amines is 1. The molecule has 1 aliphatic carbocycles. The van der Waals surface area contributed by atoms with E-state index in [4.69, 9.17) is 5.26 Å². The molecule has 1 saturated carbocycles. The Balaban J connectivity index is 1.60. The van der Waals surface area contributed by atoms with Gasteiger partial charge in [-0.05, 0) is 55.3 Å². The fourth-order valence-corrected chi connectivity index (χ4v) is 2.69. The van der Waals surface area contributed by atoms with Gasteiger partial charge in [0.15, 0.2) is 0 Å². The number of aromatic nitrogens is 2. The highest BCUT2D eigenvalue weighted by molar-refractivity contribution is 6.05. The molecule has 0 bridgehead atoms. The number of benzene rings is 2. The van der Waals surface area contributed by atoms with E-state index in [9.17, 15) is 4.79 Å². The summed E-state index contributed by atoms with van der Waals surface area (Å²) in [5.74, 6) is 0.384. The normalized spacial score (nSPS) is 13.7. The van der Waals surface area contributed by atoms with E-state index < -0.39 is 0 Å². The number of hydrogen-bond acceptors (Lipinski definition) is 3. The molecule has 5 nitrogen and oxygen atoms in total. The number of hydrogen-bond donors (Lipinski definition) is 2. The SMILES string of the molecule is N#Cc1ccc(C(=O)Nc2ccc3n[nH]c(C4CC4)c3c2)cc1. The van der Waals surface area contributed by atoms with Crippen molar-refractivity contribution in [2.75, 3.05) is 5.32 Å². The highest BCUT2D eigenvalue weighted by Gasteiger charge is 2.27. The summed E-state index contributed by atoms with van der Waals surface area (Å²) in [7, 11) is 0. The monoisotopic (exact) mass is 302 g/mol. The van der Waals surface area contributed by atoms with Crippen LogP contribution >= 0.6 is 0 Å². The lowest BCUT2D eigenvalue weighted by atomic mass is 10.1. The summed E-state index contributed by atoms with van der Waals surface area (Å²) in [5, 5.41) is 20.2. The molecule has 1 aromatic heterocycles. The predicted octanol–water partition coefficient (Wildman–Crippen LogP) is 3.56. The predicted molar refractivity (Wildman–Crippen MR) is 87.2 cm³/mol. The van der Waals surface area contributed by atoms with Crippen LogP contribution in [0.15, 0.2) is 42.5 Å². The summed E-state index contributed by atoms with van der Waals surface area (Å²) in [5.41, 5.74) is 3.89. The van der Waals surface area contributed by atoms with Crippen LogP contribution in [0.1, 0.15) is 40.4 Å². The molecule has 2 N–H and O–H groups in total. The Morgan fingerprint density at radius 1 is 1.22 bits per heavy atom. The molecule has 1 aliphatic rings. The summed E-state index contributed by atoms with van der Waals surface area (Å²) in [6.07, 6.45) is 2.39. The molecule has 4 rings (SSSR count). The first-order chi connectivity index (χ1) is 11.2. The molecule has 3 aromatic rings. The number of nitriles is 1. The van der Waals surface area contributed by atoms with Crippen LogP contribution in [0.25, 0.3) is 10.9 Å². The minimum Gasteiger partial charge on any atom is -0.322 e. The van der Waals surface area contributed by atoms with Gasteiger partial charge in [0.25, 0.3) is 5.91 Å². The first-order valence-electron chi connectivity index (χ1n) is 7.54. The molecule has 1 amide bonds. The van der Waals surface area contributed by atoms with Crippen molar-refractivity contribution in [1.29, 1.82) is 5.26 Å². The fourth-order valence-electron chi connectivity index (χ4n) is 2.69. The first-order valence-corrected chi connectivity index (χ1v) is 7.54. The van der Waals surface area contributed by atoms with Crippen LogP contribution in [0.4, 0.5) is 5.69 Å². The Bertz CT molecular complexity index is 930. The maximum atomic E-state index is 12.3. The number of H-pyrrole nitrogens is 1. The largest absolute Gasteiger partial charge is 0.322 e. The van der Waals surface area contributed by atoms with Crippen LogP contribution in [0.3, 0.4) is 0 Å². The zero-order chi connectivity index (χ0) is 15.8. The minimum absolute atomic E-state index is 0.190. The maximum Gasteiger partial charge on any atom is 0.255 e.